The molecule has 0 bridgehead atoms. The molecule has 1 heterocycles. The van der Waals surface area contributed by atoms with Crippen LogP contribution in [0.3, 0.4) is 0 Å². The fourth-order valence-corrected chi connectivity index (χ4v) is 2.40. The minimum Gasteiger partial charge on any atom is -0.497 e. The van der Waals surface area contributed by atoms with Gasteiger partial charge in [-0.2, -0.15) is 18.3 Å². The van der Waals surface area contributed by atoms with E-state index in [-0.39, 0.29) is 11.6 Å². The fourth-order valence-electron chi connectivity index (χ4n) is 2.40. The molecule has 0 spiro atoms. The number of nitrogens with one attached hydrogen (secondary N) is 1. The molecule has 0 saturated heterocycles. The third-order valence-electron chi connectivity index (χ3n) is 3.89. The van der Waals surface area contributed by atoms with Gasteiger partial charge in [-0.25, -0.2) is 9.97 Å². The second-order valence-electron chi connectivity index (χ2n) is 5.86. The number of anilines is 1. The predicted octanol–water partition coefficient (Wildman–Crippen LogP) is 5.01. The molecule has 0 atom stereocenters. The van der Waals surface area contributed by atoms with Crippen molar-refractivity contribution in [1.82, 2.24) is 9.97 Å². The van der Waals surface area contributed by atoms with Gasteiger partial charge in [0.05, 0.1) is 12.8 Å². The molecule has 3 rings (SSSR count). The van der Waals surface area contributed by atoms with Crippen LogP contribution in [0.2, 0.25) is 0 Å². The van der Waals surface area contributed by atoms with Crippen molar-refractivity contribution in [2.45, 2.75) is 13.1 Å². The van der Waals surface area contributed by atoms with Gasteiger partial charge >= 0.3 is 6.18 Å². The molecule has 0 unspecified atom stereocenters. The summed E-state index contributed by atoms with van der Waals surface area (Å²) in [4.78, 5) is 7.80. The second-order valence-corrected chi connectivity index (χ2v) is 5.86. The summed E-state index contributed by atoms with van der Waals surface area (Å²) in [5.74, 6) is 0.617. The summed E-state index contributed by atoms with van der Waals surface area (Å²) in [5.41, 5.74) is 3.41. The van der Waals surface area contributed by atoms with Crippen LogP contribution in [0.15, 0.2) is 65.8 Å². The molecule has 1 aromatic heterocycles. The molecule has 0 fully saturated rings. The van der Waals surface area contributed by atoms with Gasteiger partial charge < -0.3 is 4.74 Å². The van der Waals surface area contributed by atoms with Gasteiger partial charge in [-0.1, -0.05) is 30.3 Å². The molecule has 5 nitrogen and oxygen atoms in total. The zero-order valence-electron chi connectivity index (χ0n) is 15.2. The Labute approximate surface area is 159 Å². The number of nitrogens with zero attached hydrogens (tertiary/aromatic N) is 3. The Morgan fingerprint density at radius 3 is 2.29 bits per heavy atom. The van der Waals surface area contributed by atoms with E-state index in [2.05, 4.69) is 20.5 Å². The highest BCUT2D eigenvalue weighted by Gasteiger charge is 2.33. The van der Waals surface area contributed by atoms with Crippen LogP contribution in [0.5, 0.6) is 5.75 Å². The number of aromatic nitrogens is 2. The Balaban J connectivity index is 1.92. The summed E-state index contributed by atoms with van der Waals surface area (Å²) in [6.45, 7) is 1.73. The van der Waals surface area contributed by atoms with Crippen LogP contribution in [0.1, 0.15) is 18.2 Å². The molecule has 0 amide bonds. The molecule has 28 heavy (non-hydrogen) atoms. The van der Waals surface area contributed by atoms with Gasteiger partial charge in [-0.05, 0) is 36.8 Å². The molecule has 0 aliphatic heterocycles. The lowest BCUT2D eigenvalue weighted by Crippen LogP contribution is -2.11. The third-order valence-corrected chi connectivity index (χ3v) is 3.89. The second kappa shape index (κ2) is 8.08. The maximum atomic E-state index is 13.2. The van der Waals surface area contributed by atoms with E-state index in [1.807, 2.05) is 0 Å². The quantitative estimate of drug-likeness (QED) is 0.495. The van der Waals surface area contributed by atoms with Crippen molar-refractivity contribution >= 4 is 11.5 Å². The molecule has 1 N–H and O–H groups in total. The van der Waals surface area contributed by atoms with Crippen molar-refractivity contribution in [3.63, 3.8) is 0 Å². The molecular weight excluding hydrogens is 369 g/mol. The van der Waals surface area contributed by atoms with Gasteiger partial charge in [0.25, 0.3) is 0 Å². The van der Waals surface area contributed by atoms with E-state index in [9.17, 15) is 13.2 Å². The van der Waals surface area contributed by atoms with Gasteiger partial charge in [0, 0.05) is 11.6 Å². The van der Waals surface area contributed by atoms with E-state index in [0.29, 0.717) is 17.0 Å². The molecular formula is C20H17F3N4O. The van der Waals surface area contributed by atoms with Crippen LogP contribution in [0, 0.1) is 0 Å². The SMILES string of the molecule is COc1ccc(C(C)=NNc2cc(C(F)(F)F)nc(-c3ccccc3)n2)cc1. The summed E-state index contributed by atoms with van der Waals surface area (Å²) in [5, 5.41) is 4.15. The number of hydrogen-bond donors (Lipinski definition) is 1. The number of hydrazone groups is 1. The summed E-state index contributed by atoms with van der Waals surface area (Å²) in [6, 6.07) is 16.4. The maximum Gasteiger partial charge on any atom is 0.433 e. The van der Waals surface area contributed by atoms with E-state index in [0.717, 1.165) is 11.6 Å². The van der Waals surface area contributed by atoms with Gasteiger partial charge in [-0.15, -0.1) is 0 Å². The molecule has 8 heteroatoms. The molecule has 0 aliphatic rings. The lowest BCUT2D eigenvalue weighted by Gasteiger charge is -2.11. The summed E-state index contributed by atoms with van der Waals surface area (Å²) in [6.07, 6.45) is -4.60. The average molecular weight is 386 g/mol. The average Bonchev–Trinajstić information content (AvgIpc) is 2.72. The maximum absolute atomic E-state index is 13.2. The van der Waals surface area contributed by atoms with E-state index < -0.39 is 11.9 Å². The molecule has 144 valence electrons. The number of halogens is 3. The standard InChI is InChI=1S/C20H17F3N4O/c1-13(14-8-10-16(28-2)11-9-14)26-27-18-12-17(20(21,22)23)24-19(25-18)15-6-4-3-5-7-15/h3-12H,1-2H3,(H,24,25,27). The van der Waals surface area contributed by atoms with Crippen LogP contribution in [0.4, 0.5) is 19.0 Å². The normalized spacial score (nSPS) is 12.0. The molecule has 3 aromatic rings. The lowest BCUT2D eigenvalue weighted by atomic mass is 10.1. The minimum absolute atomic E-state index is 0.0322. The predicted molar refractivity (Wildman–Crippen MR) is 101 cm³/mol. The first kappa shape index (κ1) is 19.3. The molecule has 0 aliphatic carbocycles. The Kier molecular flexibility index (Phi) is 5.58. The summed E-state index contributed by atoms with van der Waals surface area (Å²) in [7, 11) is 1.56. The molecule has 0 saturated carbocycles. The zero-order valence-corrected chi connectivity index (χ0v) is 15.2. The highest BCUT2D eigenvalue weighted by molar-refractivity contribution is 5.99. The number of rotatable bonds is 5. The first-order valence-corrected chi connectivity index (χ1v) is 8.33. The van der Waals surface area contributed by atoms with Crippen LogP contribution in [-0.4, -0.2) is 22.8 Å². The van der Waals surface area contributed by atoms with Crippen molar-refractivity contribution in [1.29, 1.82) is 0 Å². The van der Waals surface area contributed by atoms with Crippen molar-refractivity contribution in [2.24, 2.45) is 5.10 Å². The lowest BCUT2D eigenvalue weighted by molar-refractivity contribution is -0.141. The van der Waals surface area contributed by atoms with Gasteiger partial charge in [0.2, 0.25) is 0 Å². The first-order valence-electron chi connectivity index (χ1n) is 8.33. The molecule has 0 radical (unpaired) electrons. The van der Waals surface area contributed by atoms with Gasteiger partial charge in [0.15, 0.2) is 17.3 Å². The third kappa shape index (κ3) is 4.64. The number of hydrogen-bond acceptors (Lipinski definition) is 5. The Bertz CT molecular complexity index is 971. The van der Waals surface area contributed by atoms with E-state index in [1.165, 1.54) is 0 Å². The van der Waals surface area contributed by atoms with Gasteiger partial charge in [-0.3, -0.25) is 5.43 Å². The van der Waals surface area contributed by atoms with Crippen LogP contribution < -0.4 is 10.2 Å². The number of ether oxygens (including phenoxy) is 1. The Hall–Kier alpha value is -3.42. The van der Waals surface area contributed by atoms with Gasteiger partial charge in [0.1, 0.15) is 5.75 Å². The number of alkyl halides is 3. The van der Waals surface area contributed by atoms with E-state index in [4.69, 9.17) is 4.74 Å². The molecule has 2 aromatic carbocycles. The number of methoxy groups -OCH3 is 1. The Morgan fingerprint density at radius 1 is 1.00 bits per heavy atom. The zero-order chi connectivity index (χ0) is 20.1. The Morgan fingerprint density at radius 2 is 1.68 bits per heavy atom. The van der Waals surface area contributed by atoms with Crippen molar-refractivity contribution < 1.29 is 17.9 Å². The van der Waals surface area contributed by atoms with Crippen molar-refractivity contribution in [3.8, 4) is 17.1 Å². The van der Waals surface area contributed by atoms with E-state index in [1.54, 1.807) is 68.6 Å². The monoisotopic (exact) mass is 386 g/mol. The van der Waals surface area contributed by atoms with E-state index >= 15 is 0 Å². The van der Waals surface area contributed by atoms with Crippen molar-refractivity contribution in [3.05, 3.63) is 71.9 Å². The first-order chi connectivity index (χ1) is 13.4. The van der Waals surface area contributed by atoms with Crippen LogP contribution in [0.25, 0.3) is 11.4 Å². The highest BCUT2D eigenvalue weighted by atomic mass is 19.4. The smallest absolute Gasteiger partial charge is 0.433 e. The van der Waals surface area contributed by atoms with Crippen molar-refractivity contribution in [2.75, 3.05) is 12.5 Å². The minimum atomic E-state index is -4.60. The summed E-state index contributed by atoms with van der Waals surface area (Å²) >= 11 is 0. The fraction of sp³-hybridized carbons (Fsp3) is 0.150. The number of benzene rings is 2. The van der Waals surface area contributed by atoms with Crippen LogP contribution >= 0.6 is 0 Å². The largest absolute Gasteiger partial charge is 0.497 e. The van der Waals surface area contributed by atoms with Crippen LogP contribution in [-0.2, 0) is 6.18 Å². The summed E-state index contributed by atoms with van der Waals surface area (Å²) < 4.78 is 44.8. The highest BCUT2D eigenvalue weighted by Crippen LogP contribution is 2.30. The topological polar surface area (TPSA) is 59.4 Å².